The first-order chi connectivity index (χ1) is 7.76. The van der Waals surface area contributed by atoms with Gasteiger partial charge in [-0.2, -0.15) is 0 Å². The van der Waals surface area contributed by atoms with Gasteiger partial charge < -0.3 is 0 Å². The highest BCUT2D eigenvalue weighted by atomic mass is 32.1. The van der Waals surface area contributed by atoms with Crippen molar-refractivity contribution in [2.24, 2.45) is 0 Å². The molecular weight excluding hydrogens is 214 g/mol. The molecule has 0 saturated carbocycles. The Kier molecular flexibility index (Phi) is 3.59. The highest BCUT2D eigenvalue weighted by molar-refractivity contribution is 7.18. The minimum Gasteiger partial charge on any atom is -0.245 e. The number of pyridine rings is 1. The van der Waals surface area contributed by atoms with Gasteiger partial charge in [0, 0.05) is 16.5 Å². The zero-order valence-electron chi connectivity index (χ0n) is 10.3. The van der Waals surface area contributed by atoms with Crippen LogP contribution in [0.1, 0.15) is 50.0 Å². The van der Waals surface area contributed by atoms with E-state index in [1.807, 2.05) is 17.5 Å². The Bertz CT molecular complexity index is 473. The van der Waals surface area contributed by atoms with Gasteiger partial charge in [0.25, 0.3) is 0 Å². The Labute approximate surface area is 102 Å². The minimum atomic E-state index is 0.661. The first-order valence-corrected chi connectivity index (χ1v) is 6.95. The third-order valence-corrected chi connectivity index (χ3v) is 4.44. The number of nitrogens with zero attached hydrogens (tertiary/aromatic N) is 1. The lowest BCUT2D eigenvalue weighted by atomic mass is 10.0. The fraction of sp³-hybridized carbons (Fsp3) is 0.500. The molecule has 0 aliphatic carbocycles. The first-order valence-electron chi connectivity index (χ1n) is 6.13. The number of hydrogen-bond acceptors (Lipinski definition) is 2. The van der Waals surface area contributed by atoms with Crippen LogP contribution in [-0.2, 0) is 6.42 Å². The summed E-state index contributed by atoms with van der Waals surface area (Å²) in [7, 11) is 0. The molecule has 1 unspecified atom stereocenters. The van der Waals surface area contributed by atoms with E-state index in [0.29, 0.717) is 5.92 Å². The predicted octanol–water partition coefficient (Wildman–Crippen LogP) is 4.76. The molecule has 2 aromatic rings. The molecule has 0 radical (unpaired) electrons. The van der Waals surface area contributed by atoms with Gasteiger partial charge in [-0.15, -0.1) is 11.3 Å². The highest BCUT2D eigenvalue weighted by Crippen LogP contribution is 2.32. The predicted molar refractivity (Wildman–Crippen MR) is 72.3 cm³/mol. The van der Waals surface area contributed by atoms with E-state index in [4.69, 9.17) is 0 Å². The molecule has 0 N–H and O–H groups in total. The normalized spacial score (nSPS) is 13.2. The van der Waals surface area contributed by atoms with E-state index >= 15 is 0 Å². The van der Waals surface area contributed by atoms with E-state index in [2.05, 4.69) is 37.9 Å². The average molecular weight is 233 g/mol. The fourth-order valence-corrected chi connectivity index (χ4v) is 3.12. The van der Waals surface area contributed by atoms with E-state index in [-0.39, 0.29) is 0 Å². The molecule has 2 heterocycles. The van der Waals surface area contributed by atoms with Gasteiger partial charge in [0.15, 0.2) is 0 Å². The zero-order valence-corrected chi connectivity index (χ0v) is 11.1. The molecule has 0 aliphatic heterocycles. The number of aromatic nitrogens is 1. The monoisotopic (exact) mass is 233 g/mol. The van der Waals surface area contributed by atoms with Gasteiger partial charge in [-0.1, -0.05) is 27.2 Å². The third-order valence-electron chi connectivity index (χ3n) is 3.16. The molecule has 0 aliphatic rings. The second kappa shape index (κ2) is 4.96. The third kappa shape index (κ3) is 2.12. The molecule has 16 heavy (non-hydrogen) atoms. The lowest BCUT2D eigenvalue weighted by molar-refractivity contribution is 0.748. The topological polar surface area (TPSA) is 12.9 Å². The quantitative estimate of drug-likeness (QED) is 0.741. The van der Waals surface area contributed by atoms with Gasteiger partial charge in [-0.25, -0.2) is 4.98 Å². The zero-order chi connectivity index (χ0) is 11.5. The molecule has 0 bridgehead atoms. The maximum Gasteiger partial charge on any atom is 0.123 e. The fourth-order valence-electron chi connectivity index (χ4n) is 1.94. The number of hydrogen-bond donors (Lipinski definition) is 0. The first kappa shape index (κ1) is 11.6. The molecule has 1 nitrogen and oxygen atoms in total. The molecule has 0 aromatic carbocycles. The maximum atomic E-state index is 4.48. The van der Waals surface area contributed by atoms with Crippen molar-refractivity contribution in [1.82, 2.24) is 4.98 Å². The lowest BCUT2D eigenvalue weighted by Crippen LogP contribution is -1.86. The summed E-state index contributed by atoms with van der Waals surface area (Å²) in [4.78, 5) is 7.17. The van der Waals surface area contributed by atoms with E-state index < -0.39 is 0 Å². The van der Waals surface area contributed by atoms with Crippen LogP contribution in [-0.4, -0.2) is 4.98 Å². The molecule has 86 valence electrons. The number of rotatable bonds is 4. The Morgan fingerprint density at radius 1 is 1.38 bits per heavy atom. The molecular formula is C14H19NS. The van der Waals surface area contributed by atoms with Crippen LogP contribution >= 0.6 is 11.3 Å². The van der Waals surface area contributed by atoms with Crippen LogP contribution < -0.4 is 0 Å². The molecule has 1 atom stereocenters. The van der Waals surface area contributed by atoms with Crippen molar-refractivity contribution in [3.05, 3.63) is 28.8 Å². The summed E-state index contributed by atoms with van der Waals surface area (Å²) >= 11 is 1.86. The molecule has 0 saturated heterocycles. The number of thiophene rings is 1. The summed E-state index contributed by atoms with van der Waals surface area (Å²) in [5.74, 6) is 0.661. The summed E-state index contributed by atoms with van der Waals surface area (Å²) in [5, 5.41) is 1.38. The van der Waals surface area contributed by atoms with Gasteiger partial charge in [0.2, 0.25) is 0 Å². The molecule has 0 amide bonds. The molecule has 0 fully saturated rings. The summed E-state index contributed by atoms with van der Waals surface area (Å²) < 4.78 is 0. The molecule has 0 spiro atoms. The van der Waals surface area contributed by atoms with Crippen LogP contribution in [0.4, 0.5) is 0 Å². The van der Waals surface area contributed by atoms with Crippen LogP contribution in [0.15, 0.2) is 18.3 Å². The van der Waals surface area contributed by atoms with Gasteiger partial charge >= 0.3 is 0 Å². The van der Waals surface area contributed by atoms with Crippen LogP contribution in [0.5, 0.6) is 0 Å². The van der Waals surface area contributed by atoms with Crippen molar-refractivity contribution >= 4 is 21.6 Å². The van der Waals surface area contributed by atoms with Crippen LogP contribution in [0.2, 0.25) is 0 Å². The van der Waals surface area contributed by atoms with Crippen molar-refractivity contribution in [1.29, 1.82) is 0 Å². The number of fused-ring (bicyclic) bond motifs is 1. The van der Waals surface area contributed by atoms with Crippen molar-refractivity contribution < 1.29 is 0 Å². The van der Waals surface area contributed by atoms with Crippen molar-refractivity contribution in [2.45, 2.75) is 46.0 Å². The summed E-state index contributed by atoms with van der Waals surface area (Å²) in [6.45, 7) is 6.77. The van der Waals surface area contributed by atoms with Crippen molar-refractivity contribution in [2.75, 3.05) is 0 Å². The maximum absolute atomic E-state index is 4.48. The summed E-state index contributed by atoms with van der Waals surface area (Å²) in [5.41, 5.74) is 1.46. The van der Waals surface area contributed by atoms with Gasteiger partial charge in [-0.05, 0) is 36.5 Å². The molecule has 2 rings (SSSR count). The van der Waals surface area contributed by atoms with E-state index in [0.717, 1.165) is 6.42 Å². The smallest absolute Gasteiger partial charge is 0.123 e. The van der Waals surface area contributed by atoms with Crippen molar-refractivity contribution in [3.8, 4) is 0 Å². The standard InChI is InChI=1S/C14H19NS/c1-4-6-11-7-8-15-14-12(11)9-13(16-14)10(3)5-2/h7-10H,4-6H2,1-3H3. The summed E-state index contributed by atoms with van der Waals surface area (Å²) in [6.07, 6.45) is 5.52. The Hall–Kier alpha value is -0.890. The van der Waals surface area contributed by atoms with Crippen LogP contribution in [0.25, 0.3) is 10.2 Å². The minimum absolute atomic E-state index is 0.661. The second-order valence-electron chi connectivity index (χ2n) is 4.40. The van der Waals surface area contributed by atoms with Crippen LogP contribution in [0.3, 0.4) is 0 Å². The molecule has 2 aromatic heterocycles. The summed E-state index contributed by atoms with van der Waals surface area (Å²) in [6, 6.07) is 4.52. The Morgan fingerprint density at radius 2 is 2.19 bits per heavy atom. The average Bonchev–Trinajstić information content (AvgIpc) is 2.73. The lowest BCUT2D eigenvalue weighted by Gasteiger charge is -2.02. The highest BCUT2D eigenvalue weighted by Gasteiger charge is 2.10. The molecule has 2 heteroatoms. The Morgan fingerprint density at radius 3 is 2.88 bits per heavy atom. The van der Waals surface area contributed by atoms with Gasteiger partial charge in [-0.3, -0.25) is 0 Å². The number of aryl methyl sites for hydroxylation is 1. The van der Waals surface area contributed by atoms with Crippen LogP contribution in [0, 0.1) is 0 Å². The van der Waals surface area contributed by atoms with Crippen molar-refractivity contribution in [3.63, 3.8) is 0 Å². The largest absolute Gasteiger partial charge is 0.245 e. The van der Waals surface area contributed by atoms with E-state index in [9.17, 15) is 0 Å². The second-order valence-corrected chi connectivity index (χ2v) is 5.46. The van der Waals surface area contributed by atoms with E-state index in [1.54, 1.807) is 0 Å². The Balaban J connectivity index is 2.48. The van der Waals surface area contributed by atoms with Gasteiger partial charge in [0.05, 0.1) is 0 Å². The van der Waals surface area contributed by atoms with E-state index in [1.165, 1.54) is 33.5 Å². The van der Waals surface area contributed by atoms with Gasteiger partial charge in [0.1, 0.15) is 4.83 Å². The SMILES string of the molecule is CCCc1ccnc2sc(C(C)CC)cc12.